The minimum atomic E-state index is -0.852. The second-order valence-corrected chi connectivity index (χ2v) is 12.5. The van der Waals surface area contributed by atoms with Crippen LogP contribution in [0.2, 0.25) is 0 Å². The van der Waals surface area contributed by atoms with Crippen LogP contribution in [0.5, 0.6) is 5.75 Å². The van der Waals surface area contributed by atoms with Gasteiger partial charge in [0.15, 0.2) is 0 Å². The molecule has 1 spiro atoms. The average Bonchev–Trinajstić information content (AvgIpc) is 3.50. The first-order chi connectivity index (χ1) is 18.3. The number of nitrogens with one attached hydrogen (secondary N) is 2. The van der Waals surface area contributed by atoms with Gasteiger partial charge in [-0.05, 0) is 56.0 Å². The fourth-order valence-electron chi connectivity index (χ4n) is 6.67. The molecular formula is C29H35N3O5S. The summed E-state index contributed by atoms with van der Waals surface area (Å²) in [6.45, 7) is 4.25. The Balaban J connectivity index is 1.57. The van der Waals surface area contributed by atoms with Crippen molar-refractivity contribution < 1.29 is 24.2 Å². The summed E-state index contributed by atoms with van der Waals surface area (Å²) in [4.78, 5) is 43.5. The van der Waals surface area contributed by atoms with E-state index in [0.717, 1.165) is 18.4 Å². The summed E-state index contributed by atoms with van der Waals surface area (Å²) in [6.07, 6.45) is 2.18. The Labute approximate surface area is 227 Å². The van der Waals surface area contributed by atoms with Gasteiger partial charge in [-0.1, -0.05) is 37.3 Å². The molecule has 2 unspecified atom stereocenters. The molecule has 8 nitrogen and oxygen atoms in total. The molecule has 5 rings (SSSR count). The van der Waals surface area contributed by atoms with Crippen LogP contribution in [0, 0.1) is 11.8 Å². The van der Waals surface area contributed by atoms with E-state index < -0.39 is 33.4 Å². The first-order valence-electron chi connectivity index (χ1n) is 13.2. The third kappa shape index (κ3) is 4.16. The number of methoxy groups -OCH3 is 1. The zero-order valence-corrected chi connectivity index (χ0v) is 22.8. The molecule has 3 aliphatic rings. The molecular weight excluding hydrogens is 502 g/mol. The lowest BCUT2D eigenvalue weighted by molar-refractivity contribution is -0.142. The molecule has 3 heterocycles. The second kappa shape index (κ2) is 10.3. The molecule has 3 N–H and O–H groups in total. The first kappa shape index (κ1) is 26.6. The Morgan fingerprint density at radius 2 is 1.84 bits per heavy atom. The minimum absolute atomic E-state index is 0.127. The lowest BCUT2D eigenvalue weighted by Crippen LogP contribution is -2.53. The smallest absolute Gasteiger partial charge is 0.248 e. The average molecular weight is 538 g/mol. The maximum Gasteiger partial charge on any atom is 0.248 e. The summed E-state index contributed by atoms with van der Waals surface area (Å²) in [7, 11) is 1.58. The van der Waals surface area contributed by atoms with Crippen LogP contribution in [0.3, 0.4) is 0 Å². The molecule has 2 aromatic rings. The molecule has 2 aromatic carbocycles. The van der Waals surface area contributed by atoms with Gasteiger partial charge in [-0.25, -0.2) is 0 Å². The number of benzene rings is 2. The van der Waals surface area contributed by atoms with Crippen LogP contribution in [-0.2, 0) is 14.4 Å². The third-order valence-corrected chi connectivity index (χ3v) is 10.3. The number of amides is 3. The largest absolute Gasteiger partial charge is 0.497 e. The Hall–Kier alpha value is -3.04. The second-order valence-electron chi connectivity index (χ2n) is 10.6. The van der Waals surface area contributed by atoms with Gasteiger partial charge in [-0.15, -0.1) is 11.8 Å². The maximum absolute atomic E-state index is 14.4. The van der Waals surface area contributed by atoms with Gasteiger partial charge in [0.2, 0.25) is 17.7 Å². The summed E-state index contributed by atoms with van der Waals surface area (Å²) >= 11 is 1.62. The normalized spacial score (nSPS) is 30.2. The van der Waals surface area contributed by atoms with Gasteiger partial charge in [0.25, 0.3) is 0 Å². The van der Waals surface area contributed by atoms with Crippen molar-refractivity contribution in [2.24, 2.45) is 11.8 Å². The number of aliphatic hydroxyl groups is 1. The van der Waals surface area contributed by atoms with Crippen molar-refractivity contribution in [1.29, 1.82) is 0 Å². The molecule has 2 bridgehead atoms. The predicted molar refractivity (Wildman–Crippen MR) is 147 cm³/mol. The lowest BCUT2D eigenvalue weighted by atomic mass is 9.66. The number of carbonyl (C=O) groups is 3. The monoisotopic (exact) mass is 537 g/mol. The van der Waals surface area contributed by atoms with Crippen molar-refractivity contribution in [3.63, 3.8) is 0 Å². The van der Waals surface area contributed by atoms with Gasteiger partial charge >= 0.3 is 0 Å². The minimum Gasteiger partial charge on any atom is -0.497 e. The van der Waals surface area contributed by atoms with Crippen molar-refractivity contribution >= 4 is 35.2 Å². The van der Waals surface area contributed by atoms with E-state index in [1.165, 1.54) is 0 Å². The molecule has 202 valence electrons. The van der Waals surface area contributed by atoms with Crippen LogP contribution in [0.1, 0.15) is 44.7 Å². The van der Waals surface area contributed by atoms with E-state index in [1.807, 2.05) is 37.3 Å². The van der Waals surface area contributed by atoms with Crippen molar-refractivity contribution in [1.82, 2.24) is 10.2 Å². The Kier molecular flexibility index (Phi) is 7.17. The van der Waals surface area contributed by atoms with E-state index in [-0.39, 0.29) is 24.3 Å². The van der Waals surface area contributed by atoms with Gasteiger partial charge in [0, 0.05) is 17.0 Å². The number of carbonyl (C=O) groups excluding carboxylic acids is 3. The van der Waals surface area contributed by atoms with Gasteiger partial charge in [0.05, 0.1) is 36.3 Å². The van der Waals surface area contributed by atoms with Crippen molar-refractivity contribution in [3.8, 4) is 5.75 Å². The molecule has 0 aromatic heterocycles. The highest BCUT2D eigenvalue weighted by molar-refractivity contribution is 8.02. The molecule has 38 heavy (non-hydrogen) atoms. The SMILES string of the molecule is CCCNC(=O)[C@@H]1[C@H]2C(=O)N([C@H](CO)c3ccccc3)C(C(=O)Nc3ccc(OC)cc3)C23CC[C@@]1(C)S3. The molecule has 0 aliphatic carbocycles. The topological polar surface area (TPSA) is 108 Å². The van der Waals surface area contributed by atoms with Crippen LogP contribution in [0.15, 0.2) is 54.6 Å². The number of aliphatic hydroxyl groups excluding tert-OH is 1. The number of fused-ring (bicyclic) bond motifs is 1. The lowest BCUT2D eigenvalue weighted by Gasteiger charge is -2.37. The van der Waals surface area contributed by atoms with Gasteiger partial charge in [-0.2, -0.15) is 0 Å². The fraction of sp³-hybridized carbons (Fsp3) is 0.483. The van der Waals surface area contributed by atoms with Crippen LogP contribution in [0.4, 0.5) is 5.69 Å². The highest BCUT2D eigenvalue weighted by Crippen LogP contribution is 2.72. The van der Waals surface area contributed by atoms with Crippen LogP contribution in [-0.4, -0.2) is 63.5 Å². The summed E-state index contributed by atoms with van der Waals surface area (Å²) in [5.41, 5.74) is 1.34. The number of thioether (sulfide) groups is 1. The highest BCUT2D eigenvalue weighted by Gasteiger charge is 2.77. The van der Waals surface area contributed by atoms with E-state index in [1.54, 1.807) is 48.0 Å². The fourth-order valence-corrected chi connectivity index (χ4v) is 9.02. The summed E-state index contributed by atoms with van der Waals surface area (Å²) in [6, 6.07) is 14.8. The number of hydrogen-bond acceptors (Lipinski definition) is 6. The Bertz CT molecular complexity index is 1210. The zero-order chi connectivity index (χ0) is 27.1. The number of likely N-dealkylation sites (tertiary alicyclic amines) is 1. The quantitative estimate of drug-likeness (QED) is 0.453. The van der Waals surface area contributed by atoms with Crippen molar-refractivity contribution in [2.45, 2.75) is 54.7 Å². The van der Waals surface area contributed by atoms with Crippen molar-refractivity contribution in [2.75, 3.05) is 25.6 Å². The number of anilines is 1. The molecule has 6 atom stereocenters. The number of nitrogens with zero attached hydrogens (tertiary/aromatic N) is 1. The predicted octanol–water partition coefficient (Wildman–Crippen LogP) is 3.37. The summed E-state index contributed by atoms with van der Waals surface area (Å²) in [5.74, 6) is -1.20. The maximum atomic E-state index is 14.4. The molecule has 3 aliphatic heterocycles. The number of ether oxygens (including phenoxy) is 1. The van der Waals surface area contributed by atoms with Crippen LogP contribution >= 0.6 is 11.8 Å². The Morgan fingerprint density at radius 3 is 2.47 bits per heavy atom. The standard InChI is InChI=1S/C29H35N3O5S/c1-4-16-30-25(34)22-23-27(36)32(21(17-33)18-8-6-5-7-9-18)24(29(23)15-14-28(22,2)38-29)26(35)31-19-10-12-20(37-3)13-11-19/h5-13,21-24,33H,4,14-17H2,1-3H3,(H,30,34)(H,31,35)/t21-,22+,23+,24?,28-,29?/m1/s1. The zero-order valence-electron chi connectivity index (χ0n) is 22.0. The molecule has 0 radical (unpaired) electrons. The van der Waals surface area contributed by atoms with Gasteiger partial charge < -0.3 is 25.4 Å². The van der Waals surface area contributed by atoms with Gasteiger partial charge in [-0.3, -0.25) is 14.4 Å². The Morgan fingerprint density at radius 1 is 1.13 bits per heavy atom. The van der Waals surface area contributed by atoms with Crippen molar-refractivity contribution in [3.05, 3.63) is 60.2 Å². The van der Waals surface area contributed by atoms with Crippen LogP contribution in [0.25, 0.3) is 0 Å². The van der Waals surface area contributed by atoms with E-state index in [9.17, 15) is 19.5 Å². The van der Waals surface area contributed by atoms with E-state index >= 15 is 0 Å². The molecule has 0 saturated carbocycles. The van der Waals surface area contributed by atoms with E-state index in [4.69, 9.17) is 4.74 Å². The van der Waals surface area contributed by atoms with E-state index in [2.05, 4.69) is 17.6 Å². The number of hydrogen-bond donors (Lipinski definition) is 3. The van der Waals surface area contributed by atoms with Crippen LogP contribution < -0.4 is 15.4 Å². The number of rotatable bonds is 9. The molecule has 3 amide bonds. The summed E-state index contributed by atoms with van der Waals surface area (Å²) < 4.78 is 4.03. The third-order valence-electron chi connectivity index (χ3n) is 8.35. The van der Waals surface area contributed by atoms with Gasteiger partial charge in [0.1, 0.15) is 11.8 Å². The van der Waals surface area contributed by atoms with E-state index in [0.29, 0.717) is 24.4 Å². The molecule has 3 fully saturated rings. The highest BCUT2D eigenvalue weighted by atomic mass is 32.2. The molecule has 3 saturated heterocycles. The first-order valence-corrected chi connectivity index (χ1v) is 14.0. The summed E-state index contributed by atoms with van der Waals surface area (Å²) in [5, 5.41) is 16.6. The molecule has 9 heteroatoms.